The van der Waals surface area contributed by atoms with Crippen LogP contribution >= 0.6 is 0 Å². The molecular weight excluding hydrogens is 360 g/mol. The first-order chi connectivity index (χ1) is 13.5. The largest absolute Gasteiger partial charge is 0.489 e. The summed E-state index contributed by atoms with van der Waals surface area (Å²) < 4.78 is 11.7. The highest BCUT2D eigenvalue weighted by Gasteiger charge is 2.19. The molecule has 1 atom stereocenters. The Morgan fingerprint density at radius 2 is 2.07 bits per heavy atom. The third kappa shape index (κ3) is 5.54. The fraction of sp³-hybridized carbons (Fsp3) is 0.421. The fourth-order valence-electron chi connectivity index (χ4n) is 2.81. The average molecular weight is 386 g/mol. The van der Waals surface area contributed by atoms with Crippen molar-refractivity contribution in [3.8, 4) is 5.75 Å². The van der Waals surface area contributed by atoms with E-state index < -0.39 is 6.03 Å². The zero-order valence-corrected chi connectivity index (χ0v) is 16.4. The molecule has 1 aromatic carbocycles. The number of nitrogens with one attached hydrogen (secondary N) is 3. The quantitative estimate of drug-likeness (QED) is 0.699. The van der Waals surface area contributed by atoms with Crippen molar-refractivity contribution in [3.63, 3.8) is 0 Å². The molecule has 9 nitrogen and oxygen atoms in total. The average Bonchev–Trinajstić information content (AvgIpc) is 2.68. The number of carbonyl (C=O) groups is 1. The number of anilines is 3. The number of ether oxygens (including phenoxy) is 2. The highest BCUT2D eigenvalue weighted by molar-refractivity contribution is 6.00. The van der Waals surface area contributed by atoms with E-state index in [4.69, 9.17) is 9.47 Å². The minimum Gasteiger partial charge on any atom is -0.489 e. The first kappa shape index (κ1) is 19.8. The molecule has 1 saturated heterocycles. The molecule has 1 aromatic heterocycles. The second-order valence-corrected chi connectivity index (χ2v) is 6.68. The number of likely N-dealkylation sites (N-methyl/N-ethyl adjacent to an activating group) is 1. The van der Waals surface area contributed by atoms with Gasteiger partial charge in [-0.05, 0) is 31.7 Å². The number of amides is 2. The molecule has 0 unspecified atom stereocenters. The first-order valence-electron chi connectivity index (χ1n) is 9.15. The van der Waals surface area contributed by atoms with Crippen LogP contribution in [0.4, 0.5) is 22.1 Å². The highest BCUT2D eigenvalue weighted by Crippen LogP contribution is 2.26. The van der Waals surface area contributed by atoms with E-state index in [1.165, 1.54) is 12.4 Å². The number of aromatic nitrogens is 2. The van der Waals surface area contributed by atoms with Crippen molar-refractivity contribution < 1.29 is 14.3 Å². The number of aryl methyl sites for hydroxylation is 1. The molecule has 3 rings (SSSR count). The van der Waals surface area contributed by atoms with Gasteiger partial charge in [0.15, 0.2) is 5.82 Å². The van der Waals surface area contributed by atoms with Gasteiger partial charge in [-0.15, -0.1) is 0 Å². The van der Waals surface area contributed by atoms with Crippen molar-refractivity contribution in [1.29, 1.82) is 0 Å². The van der Waals surface area contributed by atoms with Gasteiger partial charge < -0.3 is 25.0 Å². The molecule has 0 saturated carbocycles. The molecule has 150 valence electrons. The van der Waals surface area contributed by atoms with E-state index in [9.17, 15) is 4.79 Å². The molecule has 2 heterocycles. The molecule has 0 spiro atoms. The number of hydrogen-bond donors (Lipinski definition) is 3. The second kappa shape index (κ2) is 9.34. The summed E-state index contributed by atoms with van der Waals surface area (Å²) in [6.07, 6.45) is 3.02. The Bertz CT molecular complexity index is 799. The van der Waals surface area contributed by atoms with Crippen molar-refractivity contribution in [2.24, 2.45) is 0 Å². The molecule has 2 amide bonds. The van der Waals surface area contributed by atoms with E-state index in [0.717, 1.165) is 18.7 Å². The maximum atomic E-state index is 12.4. The van der Waals surface area contributed by atoms with E-state index in [-0.39, 0.29) is 6.10 Å². The molecule has 0 radical (unpaired) electrons. The Balaban J connectivity index is 1.61. The van der Waals surface area contributed by atoms with Gasteiger partial charge in [0.1, 0.15) is 24.3 Å². The lowest BCUT2D eigenvalue weighted by Crippen LogP contribution is -2.42. The zero-order chi connectivity index (χ0) is 19.9. The lowest BCUT2D eigenvalue weighted by Gasteiger charge is -2.30. The molecule has 3 N–H and O–H groups in total. The van der Waals surface area contributed by atoms with Crippen LogP contribution in [0.2, 0.25) is 0 Å². The molecule has 9 heteroatoms. The molecule has 2 aromatic rings. The third-order valence-electron chi connectivity index (χ3n) is 4.30. The number of nitrogens with zero attached hydrogens (tertiary/aromatic N) is 3. The lowest BCUT2D eigenvalue weighted by atomic mass is 10.2. The van der Waals surface area contributed by atoms with Crippen LogP contribution in [0.25, 0.3) is 0 Å². The van der Waals surface area contributed by atoms with E-state index >= 15 is 0 Å². The van der Waals surface area contributed by atoms with Crippen LogP contribution < -0.4 is 20.7 Å². The first-order valence-corrected chi connectivity index (χ1v) is 9.15. The SMILES string of the molecule is CNc1cnc(NC(=O)Nc2cc(C)ccc2OC[C@@H]2CN(C)CCO2)cn1. The molecular formula is C19H26N6O3. The van der Waals surface area contributed by atoms with Crippen LogP contribution in [0.15, 0.2) is 30.6 Å². The molecule has 0 aliphatic carbocycles. The molecule has 28 heavy (non-hydrogen) atoms. The lowest BCUT2D eigenvalue weighted by molar-refractivity contribution is -0.0402. The zero-order valence-electron chi connectivity index (χ0n) is 16.4. The minimum atomic E-state index is -0.421. The summed E-state index contributed by atoms with van der Waals surface area (Å²) in [5.41, 5.74) is 1.59. The van der Waals surface area contributed by atoms with Crippen LogP contribution in [-0.2, 0) is 4.74 Å². The van der Waals surface area contributed by atoms with Gasteiger partial charge in [-0.1, -0.05) is 6.07 Å². The smallest absolute Gasteiger partial charge is 0.324 e. The number of hydrogen-bond acceptors (Lipinski definition) is 7. The van der Waals surface area contributed by atoms with Gasteiger partial charge in [0.05, 0.1) is 24.7 Å². The Kier molecular flexibility index (Phi) is 6.62. The number of urea groups is 1. The number of rotatable bonds is 6. The monoisotopic (exact) mass is 386 g/mol. The summed E-state index contributed by atoms with van der Waals surface area (Å²) in [5.74, 6) is 1.57. The van der Waals surface area contributed by atoms with Gasteiger partial charge in [-0.3, -0.25) is 5.32 Å². The highest BCUT2D eigenvalue weighted by atomic mass is 16.5. The van der Waals surface area contributed by atoms with Gasteiger partial charge in [-0.25, -0.2) is 14.8 Å². The van der Waals surface area contributed by atoms with Gasteiger partial charge in [0, 0.05) is 20.1 Å². The van der Waals surface area contributed by atoms with Crippen LogP contribution in [0.1, 0.15) is 5.56 Å². The summed E-state index contributed by atoms with van der Waals surface area (Å²) in [7, 11) is 3.81. The van der Waals surface area contributed by atoms with Crippen molar-refractivity contribution in [2.45, 2.75) is 13.0 Å². The minimum absolute atomic E-state index is 0.00249. The normalized spacial score (nSPS) is 17.0. The predicted octanol–water partition coefficient (Wildman–Crippen LogP) is 2.18. The summed E-state index contributed by atoms with van der Waals surface area (Å²) in [6.45, 7) is 4.80. The number of carbonyl (C=O) groups excluding carboxylic acids is 1. The summed E-state index contributed by atoms with van der Waals surface area (Å²) in [4.78, 5) is 22.8. The Morgan fingerprint density at radius 1 is 1.29 bits per heavy atom. The van der Waals surface area contributed by atoms with E-state index in [1.807, 2.05) is 25.1 Å². The molecule has 1 fully saturated rings. The second-order valence-electron chi connectivity index (χ2n) is 6.68. The fourth-order valence-corrected chi connectivity index (χ4v) is 2.81. The van der Waals surface area contributed by atoms with E-state index in [2.05, 4.69) is 37.9 Å². The van der Waals surface area contributed by atoms with Gasteiger partial charge >= 0.3 is 6.03 Å². The summed E-state index contributed by atoms with van der Waals surface area (Å²) in [5, 5.41) is 8.35. The number of morpholine rings is 1. The Hall–Kier alpha value is -2.91. The van der Waals surface area contributed by atoms with Gasteiger partial charge in [0.25, 0.3) is 0 Å². The van der Waals surface area contributed by atoms with Crippen molar-refractivity contribution in [1.82, 2.24) is 14.9 Å². The van der Waals surface area contributed by atoms with Crippen LogP contribution in [0.3, 0.4) is 0 Å². The van der Waals surface area contributed by atoms with Crippen LogP contribution in [0, 0.1) is 6.92 Å². The molecule has 1 aliphatic rings. The molecule has 0 bridgehead atoms. The van der Waals surface area contributed by atoms with Crippen molar-refractivity contribution in [3.05, 3.63) is 36.2 Å². The van der Waals surface area contributed by atoms with Gasteiger partial charge in [-0.2, -0.15) is 0 Å². The maximum Gasteiger partial charge on any atom is 0.324 e. The number of benzene rings is 1. The van der Waals surface area contributed by atoms with Crippen LogP contribution in [-0.4, -0.2) is 67.4 Å². The van der Waals surface area contributed by atoms with E-state index in [0.29, 0.717) is 36.3 Å². The standard InChI is InChI=1S/C19H26N6O3/c1-13-4-5-16(28-12-14-11-25(3)6-7-27-14)15(8-13)23-19(26)24-18-10-21-17(20-2)9-22-18/h4-5,8-10,14H,6-7,11-12H2,1-3H3,(H,20,21)(H2,22,23,24,26)/t14-/m0/s1. The van der Waals surface area contributed by atoms with Gasteiger partial charge in [0.2, 0.25) is 0 Å². The third-order valence-corrected chi connectivity index (χ3v) is 4.30. The maximum absolute atomic E-state index is 12.4. The summed E-state index contributed by atoms with van der Waals surface area (Å²) >= 11 is 0. The van der Waals surface area contributed by atoms with E-state index in [1.54, 1.807) is 7.05 Å². The molecule has 1 aliphatic heterocycles. The topological polar surface area (TPSA) is 101 Å². The van der Waals surface area contributed by atoms with Crippen molar-refractivity contribution >= 4 is 23.4 Å². The van der Waals surface area contributed by atoms with Crippen molar-refractivity contribution in [2.75, 3.05) is 56.3 Å². The Morgan fingerprint density at radius 3 is 2.79 bits per heavy atom. The predicted molar refractivity (Wildman–Crippen MR) is 108 cm³/mol. The van der Waals surface area contributed by atoms with Crippen LogP contribution in [0.5, 0.6) is 5.75 Å². The summed E-state index contributed by atoms with van der Waals surface area (Å²) in [6, 6.07) is 5.22. The Labute approximate surface area is 164 Å².